The van der Waals surface area contributed by atoms with E-state index in [1.54, 1.807) is 17.9 Å². The molecule has 0 spiro atoms. The normalized spacial score (nSPS) is 15.7. The van der Waals surface area contributed by atoms with Crippen molar-refractivity contribution in [2.75, 3.05) is 26.3 Å². The molecule has 7 nitrogen and oxygen atoms in total. The van der Waals surface area contributed by atoms with Crippen LogP contribution in [0.1, 0.15) is 17.4 Å². The molecule has 0 radical (unpaired) electrons. The molecule has 25 heavy (non-hydrogen) atoms. The summed E-state index contributed by atoms with van der Waals surface area (Å²) in [7, 11) is 0. The van der Waals surface area contributed by atoms with Crippen molar-refractivity contribution in [3.63, 3.8) is 0 Å². The number of aromatic amines is 1. The molecule has 1 aliphatic rings. The largest absolute Gasteiger partial charge is 0.448 e. The van der Waals surface area contributed by atoms with Gasteiger partial charge in [-0.1, -0.05) is 28.1 Å². The minimum Gasteiger partial charge on any atom is -0.448 e. The number of esters is 1. The number of aromatic nitrogens is 2. The zero-order valence-electron chi connectivity index (χ0n) is 13.7. The second-order valence-electron chi connectivity index (χ2n) is 5.66. The van der Waals surface area contributed by atoms with Gasteiger partial charge in [0.25, 0.3) is 5.91 Å². The summed E-state index contributed by atoms with van der Waals surface area (Å²) in [5.74, 6) is -0.825. The summed E-state index contributed by atoms with van der Waals surface area (Å²) in [6.45, 7) is 3.60. The standard InChI is InChI=1S/C17H18BrN3O4/c1-11(16(22)21-6-8-24-9-7-21)25-17(23)15-10-14(19-20-15)12-2-4-13(18)5-3-12/h2-5,10-11H,6-9H2,1H3,(H,19,20). The Morgan fingerprint density at radius 1 is 1.28 bits per heavy atom. The average Bonchev–Trinajstić information content (AvgIpc) is 3.12. The molecule has 1 amide bonds. The van der Waals surface area contributed by atoms with Crippen LogP contribution in [0.3, 0.4) is 0 Å². The van der Waals surface area contributed by atoms with Gasteiger partial charge in [-0.05, 0) is 25.1 Å². The van der Waals surface area contributed by atoms with Crippen molar-refractivity contribution in [2.45, 2.75) is 13.0 Å². The quantitative estimate of drug-likeness (QED) is 0.785. The maximum atomic E-state index is 12.3. The third kappa shape index (κ3) is 4.26. The lowest BCUT2D eigenvalue weighted by molar-refractivity contribution is -0.143. The van der Waals surface area contributed by atoms with Gasteiger partial charge in [-0.2, -0.15) is 5.10 Å². The molecule has 1 N–H and O–H groups in total. The summed E-state index contributed by atoms with van der Waals surface area (Å²) in [5, 5.41) is 6.79. The lowest BCUT2D eigenvalue weighted by Crippen LogP contribution is -2.46. The monoisotopic (exact) mass is 407 g/mol. The number of halogens is 1. The van der Waals surface area contributed by atoms with Crippen LogP contribution in [0.4, 0.5) is 0 Å². The third-order valence-corrected chi connectivity index (χ3v) is 4.42. The molecular weight excluding hydrogens is 390 g/mol. The van der Waals surface area contributed by atoms with Crippen molar-refractivity contribution in [3.05, 3.63) is 40.5 Å². The molecule has 1 saturated heterocycles. The van der Waals surface area contributed by atoms with Gasteiger partial charge < -0.3 is 14.4 Å². The van der Waals surface area contributed by atoms with Gasteiger partial charge in [0.15, 0.2) is 6.10 Å². The van der Waals surface area contributed by atoms with Gasteiger partial charge in [0.1, 0.15) is 5.69 Å². The maximum Gasteiger partial charge on any atom is 0.357 e. The Morgan fingerprint density at radius 3 is 2.64 bits per heavy atom. The Labute approximate surface area is 153 Å². The van der Waals surface area contributed by atoms with Gasteiger partial charge in [0, 0.05) is 23.1 Å². The second kappa shape index (κ2) is 7.79. The van der Waals surface area contributed by atoms with Crippen LogP contribution < -0.4 is 0 Å². The molecule has 1 atom stereocenters. The fourth-order valence-electron chi connectivity index (χ4n) is 2.51. The Balaban J connectivity index is 1.63. The summed E-state index contributed by atoms with van der Waals surface area (Å²) < 4.78 is 11.4. The minimum absolute atomic E-state index is 0.208. The van der Waals surface area contributed by atoms with Crippen LogP contribution >= 0.6 is 15.9 Å². The number of benzene rings is 1. The van der Waals surface area contributed by atoms with Crippen LogP contribution in [0.25, 0.3) is 11.3 Å². The van der Waals surface area contributed by atoms with Crippen molar-refractivity contribution in [1.29, 1.82) is 0 Å². The number of carbonyl (C=O) groups excluding carboxylic acids is 2. The van der Waals surface area contributed by atoms with E-state index in [9.17, 15) is 9.59 Å². The molecule has 1 fully saturated rings. The van der Waals surface area contributed by atoms with E-state index < -0.39 is 12.1 Å². The highest BCUT2D eigenvalue weighted by Crippen LogP contribution is 2.21. The van der Waals surface area contributed by atoms with Gasteiger partial charge in [0.05, 0.1) is 18.9 Å². The van der Waals surface area contributed by atoms with E-state index in [2.05, 4.69) is 26.1 Å². The van der Waals surface area contributed by atoms with Crippen LogP contribution in [0, 0.1) is 0 Å². The average molecular weight is 408 g/mol. The van der Waals surface area contributed by atoms with Crippen LogP contribution in [0.2, 0.25) is 0 Å². The summed E-state index contributed by atoms with van der Waals surface area (Å²) in [6, 6.07) is 9.17. The number of amides is 1. The zero-order chi connectivity index (χ0) is 17.8. The number of hydrogen-bond acceptors (Lipinski definition) is 5. The van der Waals surface area contributed by atoms with E-state index in [1.807, 2.05) is 24.3 Å². The first-order valence-electron chi connectivity index (χ1n) is 7.93. The summed E-state index contributed by atoms with van der Waals surface area (Å²) in [4.78, 5) is 26.2. The van der Waals surface area contributed by atoms with Crippen molar-refractivity contribution in [2.24, 2.45) is 0 Å². The summed E-state index contributed by atoms with van der Waals surface area (Å²) in [5.41, 5.74) is 1.71. The molecule has 0 bridgehead atoms. The number of carbonyl (C=O) groups is 2. The number of morpholine rings is 1. The molecule has 1 unspecified atom stereocenters. The number of hydrogen-bond donors (Lipinski definition) is 1. The van der Waals surface area contributed by atoms with Gasteiger partial charge >= 0.3 is 5.97 Å². The molecule has 2 aromatic rings. The second-order valence-corrected chi connectivity index (χ2v) is 6.57. The molecule has 1 aromatic heterocycles. The Bertz CT molecular complexity index is 754. The maximum absolute atomic E-state index is 12.3. The third-order valence-electron chi connectivity index (χ3n) is 3.89. The summed E-state index contributed by atoms with van der Waals surface area (Å²) in [6.07, 6.45) is -0.856. The van der Waals surface area contributed by atoms with Crippen molar-refractivity contribution in [3.8, 4) is 11.3 Å². The van der Waals surface area contributed by atoms with Crippen LogP contribution in [0.5, 0.6) is 0 Å². The molecule has 1 aromatic carbocycles. The predicted octanol–water partition coefficient (Wildman–Crippen LogP) is 2.24. The van der Waals surface area contributed by atoms with Crippen molar-refractivity contribution in [1.82, 2.24) is 15.1 Å². The van der Waals surface area contributed by atoms with E-state index in [4.69, 9.17) is 9.47 Å². The lowest BCUT2D eigenvalue weighted by atomic mass is 10.1. The first-order valence-corrected chi connectivity index (χ1v) is 8.73. The number of nitrogens with one attached hydrogen (secondary N) is 1. The van der Waals surface area contributed by atoms with Gasteiger partial charge in [-0.25, -0.2) is 4.79 Å². The molecule has 8 heteroatoms. The van der Waals surface area contributed by atoms with Crippen LogP contribution in [-0.2, 0) is 14.3 Å². The highest BCUT2D eigenvalue weighted by Gasteiger charge is 2.26. The summed E-state index contributed by atoms with van der Waals surface area (Å²) >= 11 is 3.37. The minimum atomic E-state index is -0.856. The van der Waals surface area contributed by atoms with E-state index in [0.717, 1.165) is 10.0 Å². The van der Waals surface area contributed by atoms with Crippen molar-refractivity contribution < 1.29 is 19.1 Å². The van der Waals surface area contributed by atoms with Gasteiger partial charge in [0.2, 0.25) is 0 Å². The fourth-order valence-corrected chi connectivity index (χ4v) is 2.77. The molecular formula is C17H18BrN3O4. The molecule has 3 rings (SSSR count). The van der Waals surface area contributed by atoms with E-state index in [1.165, 1.54) is 0 Å². The van der Waals surface area contributed by atoms with Gasteiger partial charge in [-0.3, -0.25) is 9.89 Å². The number of H-pyrrole nitrogens is 1. The highest BCUT2D eigenvalue weighted by molar-refractivity contribution is 9.10. The Hall–Kier alpha value is -2.19. The first-order chi connectivity index (χ1) is 12.0. The Morgan fingerprint density at radius 2 is 1.96 bits per heavy atom. The molecule has 132 valence electrons. The van der Waals surface area contributed by atoms with Crippen LogP contribution in [0.15, 0.2) is 34.8 Å². The number of rotatable bonds is 4. The van der Waals surface area contributed by atoms with E-state index in [0.29, 0.717) is 32.0 Å². The molecule has 0 aliphatic carbocycles. The molecule has 2 heterocycles. The molecule has 0 saturated carbocycles. The van der Waals surface area contributed by atoms with Crippen molar-refractivity contribution >= 4 is 27.8 Å². The SMILES string of the molecule is CC(OC(=O)c1cc(-c2ccc(Br)cc2)n[nH]1)C(=O)N1CCOCC1. The van der Waals surface area contributed by atoms with Crippen LogP contribution in [-0.4, -0.2) is 59.4 Å². The molecule has 1 aliphatic heterocycles. The Kier molecular flexibility index (Phi) is 5.50. The van der Waals surface area contributed by atoms with Gasteiger partial charge in [-0.15, -0.1) is 0 Å². The fraction of sp³-hybridized carbons (Fsp3) is 0.353. The number of nitrogens with zero attached hydrogens (tertiary/aromatic N) is 2. The predicted molar refractivity (Wildman–Crippen MR) is 94.0 cm³/mol. The zero-order valence-corrected chi connectivity index (χ0v) is 15.3. The topological polar surface area (TPSA) is 84.5 Å². The lowest BCUT2D eigenvalue weighted by Gasteiger charge is -2.28. The van der Waals surface area contributed by atoms with E-state index in [-0.39, 0.29) is 11.6 Å². The smallest absolute Gasteiger partial charge is 0.357 e. The number of ether oxygens (including phenoxy) is 2. The van der Waals surface area contributed by atoms with E-state index >= 15 is 0 Å². The first kappa shape index (κ1) is 17.6. The highest BCUT2D eigenvalue weighted by atomic mass is 79.9.